The number of hydrogen-bond donors (Lipinski definition) is 1. The van der Waals surface area contributed by atoms with Gasteiger partial charge in [0.2, 0.25) is 5.91 Å². The van der Waals surface area contributed by atoms with E-state index in [4.69, 9.17) is 17.0 Å². The van der Waals surface area contributed by atoms with Gasteiger partial charge < -0.3 is 19.9 Å². The van der Waals surface area contributed by atoms with E-state index in [0.717, 1.165) is 38.2 Å². The fourth-order valence-electron chi connectivity index (χ4n) is 5.93. The Morgan fingerprint density at radius 1 is 0.977 bits per heavy atom. The van der Waals surface area contributed by atoms with E-state index < -0.39 is 11.9 Å². The number of thiocarbonyl (C=S) groups is 1. The first-order chi connectivity index (χ1) is 20.9. The number of anilines is 2. The fraction of sp³-hybridized carbons (Fsp3) is 0.382. The second kappa shape index (κ2) is 14.6. The molecule has 1 N–H and O–H groups in total. The van der Waals surface area contributed by atoms with Crippen LogP contribution in [-0.2, 0) is 16.0 Å². The number of nitrogens with zero attached hydrogens (tertiary/aromatic N) is 3. The Morgan fingerprint density at radius 3 is 2.35 bits per heavy atom. The van der Waals surface area contributed by atoms with Gasteiger partial charge >= 0.3 is 0 Å². The van der Waals surface area contributed by atoms with Crippen molar-refractivity contribution in [2.75, 3.05) is 43.0 Å². The first-order valence-corrected chi connectivity index (χ1v) is 15.5. The molecule has 3 aromatic carbocycles. The first-order valence-electron chi connectivity index (χ1n) is 15.1. The number of halogens is 1. The number of likely N-dealkylation sites (tertiary alicyclic amines) is 1. The normalized spacial score (nSPS) is 17.9. The Bertz CT molecular complexity index is 1380. The number of piperidine rings is 1. The third-order valence-electron chi connectivity index (χ3n) is 8.18. The molecule has 2 heterocycles. The van der Waals surface area contributed by atoms with E-state index >= 15 is 0 Å². The topological polar surface area (TPSA) is 65.1 Å². The van der Waals surface area contributed by atoms with Gasteiger partial charge in [0.15, 0.2) is 5.11 Å². The number of carbonyl (C=O) groups is 2. The lowest BCUT2D eigenvalue weighted by Gasteiger charge is -2.33. The number of ether oxygens (including phenoxy) is 1. The summed E-state index contributed by atoms with van der Waals surface area (Å²) >= 11 is 5.78. The summed E-state index contributed by atoms with van der Waals surface area (Å²) < 4.78 is 19.1. The van der Waals surface area contributed by atoms with Gasteiger partial charge in [-0.15, -0.1) is 0 Å². The molecule has 0 aliphatic carbocycles. The van der Waals surface area contributed by atoms with Gasteiger partial charge in [-0.2, -0.15) is 0 Å². The average molecular weight is 603 g/mol. The molecule has 226 valence electrons. The summed E-state index contributed by atoms with van der Waals surface area (Å²) in [5.41, 5.74) is 2.52. The van der Waals surface area contributed by atoms with E-state index in [-0.39, 0.29) is 18.2 Å². The van der Waals surface area contributed by atoms with Crippen LogP contribution in [0.15, 0.2) is 78.9 Å². The summed E-state index contributed by atoms with van der Waals surface area (Å²) in [5.74, 6) is 0.470. The maximum atomic E-state index is 13.7. The molecule has 43 heavy (non-hydrogen) atoms. The molecule has 2 aliphatic rings. The summed E-state index contributed by atoms with van der Waals surface area (Å²) in [4.78, 5) is 32.5. The van der Waals surface area contributed by atoms with Crippen LogP contribution in [0.4, 0.5) is 15.8 Å². The van der Waals surface area contributed by atoms with E-state index in [1.165, 1.54) is 35.4 Å². The molecule has 3 aromatic rings. The molecule has 0 saturated carbocycles. The van der Waals surface area contributed by atoms with Crippen molar-refractivity contribution in [3.05, 3.63) is 90.2 Å². The lowest BCUT2D eigenvalue weighted by Crippen LogP contribution is -2.40. The van der Waals surface area contributed by atoms with Gasteiger partial charge in [-0.3, -0.25) is 14.5 Å². The standard InChI is InChI=1S/C34H39FN4O3S/c1-2-42-30-15-11-28(12-16-30)36-32(40)24-31-33(41)39(29-13-9-27(35)10-14-29)34(43)38(31)20-6-19-37-21-17-26(18-22-37)23-25-7-4-3-5-8-25/h3-5,7-16,26,31H,2,6,17-24H2,1H3,(H,36,40)/t31-/m0/s1. The second-order valence-electron chi connectivity index (χ2n) is 11.2. The highest BCUT2D eigenvalue weighted by molar-refractivity contribution is 7.80. The van der Waals surface area contributed by atoms with Gasteiger partial charge in [-0.05, 0) is 124 Å². The summed E-state index contributed by atoms with van der Waals surface area (Å²) in [6.45, 7) is 6.02. The van der Waals surface area contributed by atoms with Crippen LogP contribution in [0, 0.1) is 11.7 Å². The molecule has 0 aromatic heterocycles. The minimum Gasteiger partial charge on any atom is -0.494 e. The zero-order valence-electron chi connectivity index (χ0n) is 24.6. The third-order valence-corrected chi connectivity index (χ3v) is 8.60. The molecule has 2 aliphatic heterocycles. The molecule has 1 atom stereocenters. The van der Waals surface area contributed by atoms with E-state index in [1.54, 1.807) is 36.4 Å². The number of rotatable bonds is 12. The molecular formula is C34H39FN4O3S. The monoisotopic (exact) mass is 602 g/mol. The molecule has 9 heteroatoms. The summed E-state index contributed by atoms with van der Waals surface area (Å²) in [6.07, 6.45) is 4.22. The number of amides is 2. The number of hydrogen-bond acceptors (Lipinski definition) is 5. The lowest BCUT2D eigenvalue weighted by atomic mass is 9.90. The molecule has 0 unspecified atom stereocenters. The van der Waals surface area contributed by atoms with Crippen LogP contribution in [-0.4, -0.2) is 65.6 Å². The molecule has 2 amide bonds. The highest BCUT2D eigenvalue weighted by Crippen LogP contribution is 2.29. The van der Waals surface area contributed by atoms with Crippen molar-refractivity contribution in [1.82, 2.24) is 9.80 Å². The Kier molecular flexibility index (Phi) is 10.4. The van der Waals surface area contributed by atoms with Crippen molar-refractivity contribution in [2.45, 2.75) is 45.1 Å². The molecule has 0 spiro atoms. The van der Waals surface area contributed by atoms with Crippen LogP contribution in [0.2, 0.25) is 0 Å². The lowest BCUT2D eigenvalue weighted by molar-refractivity contribution is -0.124. The summed E-state index contributed by atoms with van der Waals surface area (Å²) in [7, 11) is 0. The van der Waals surface area contributed by atoms with Crippen LogP contribution < -0.4 is 15.0 Å². The average Bonchev–Trinajstić information content (AvgIpc) is 3.24. The van der Waals surface area contributed by atoms with Gasteiger partial charge in [-0.25, -0.2) is 4.39 Å². The second-order valence-corrected chi connectivity index (χ2v) is 11.5. The highest BCUT2D eigenvalue weighted by atomic mass is 32.1. The van der Waals surface area contributed by atoms with E-state index in [9.17, 15) is 14.0 Å². The van der Waals surface area contributed by atoms with Gasteiger partial charge in [0, 0.05) is 12.2 Å². The van der Waals surface area contributed by atoms with E-state index in [0.29, 0.717) is 35.6 Å². The predicted octanol–water partition coefficient (Wildman–Crippen LogP) is 5.90. The zero-order chi connectivity index (χ0) is 30.2. The molecule has 2 fully saturated rings. The minimum absolute atomic E-state index is 0.0469. The van der Waals surface area contributed by atoms with E-state index in [1.807, 2.05) is 11.8 Å². The third kappa shape index (κ3) is 7.97. The predicted molar refractivity (Wildman–Crippen MR) is 172 cm³/mol. The van der Waals surface area contributed by atoms with Crippen molar-refractivity contribution >= 4 is 40.5 Å². The fourth-order valence-corrected chi connectivity index (χ4v) is 6.34. The largest absolute Gasteiger partial charge is 0.494 e. The summed E-state index contributed by atoms with van der Waals surface area (Å²) in [6, 6.07) is 22.8. The number of carbonyl (C=O) groups excluding carboxylic acids is 2. The maximum absolute atomic E-state index is 13.7. The van der Waals surface area contributed by atoms with Crippen LogP contribution in [0.5, 0.6) is 5.75 Å². The quantitative estimate of drug-likeness (QED) is 0.261. The van der Waals surface area contributed by atoms with Gasteiger partial charge in [0.1, 0.15) is 17.6 Å². The maximum Gasteiger partial charge on any atom is 0.256 e. The van der Waals surface area contributed by atoms with Crippen molar-refractivity contribution in [1.29, 1.82) is 0 Å². The van der Waals surface area contributed by atoms with Crippen molar-refractivity contribution < 1.29 is 18.7 Å². The zero-order valence-corrected chi connectivity index (χ0v) is 25.4. The van der Waals surface area contributed by atoms with Crippen LogP contribution in [0.25, 0.3) is 0 Å². The minimum atomic E-state index is -0.739. The Hall–Kier alpha value is -3.82. The number of nitrogens with one attached hydrogen (secondary N) is 1. The smallest absolute Gasteiger partial charge is 0.256 e. The van der Waals surface area contributed by atoms with Crippen LogP contribution >= 0.6 is 12.2 Å². The van der Waals surface area contributed by atoms with Crippen molar-refractivity contribution in [2.24, 2.45) is 5.92 Å². The Balaban J connectivity index is 1.19. The highest BCUT2D eigenvalue weighted by Gasteiger charge is 2.44. The van der Waals surface area contributed by atoms with E-state index in [2.05, 4.69) is 40.5 Å². The molecule has 0 radical (unpaired) electrons. The van der Waals surface area contributed by atoms with Crippen molar-refractivity contribution in [3.8, 4) is 5.75 Å². The summed E-state index contributed by atoms with van der Waals surface area (Å²) in [5, 5.41) is 3.24. The molecule has 0 bridgehead atoms. The molecule has 7 nitrogen and oxygen atoms in total. The first kappa shape index (κ1) is 30.6. The SMILES string of the molecule is CCOc1ccc(NC(=O)C[C@H]2C(=O)N(c3ccc(F)cc3)C(=S)N2CCCN2CCC(Cc3ccccc3)CC2)cc1. The van der Waals surface area contributed by atoms with Crippen LogP contribution in [0.3, 0.4) is 0 Å². The Labute approximate surface area is 258 Å². The Morgan fingerprint density at radius 2 is 1.67 bits per heavy atom. The molecule has 2 saturated heterocycles. The number of benzene rings is 3. The van der Waals surface area contributed by atoms with Gasteiger partial charge in [-0.1, -0.05) is 30.3 Å². The van der Waals surface area contributed by atoms with Crippen LogP contribution in [0.1, 0.15) is 38.2 Å². The van der Waals surface area contributed by atoms with Gasteiger partial charge in [0.05, 0.1) is 18.7 Å². The molecular weight excluding hydrogens is 563 g/mol. The van der Waals surface area contributed by atoms with Gasteiger partial charge in [0.25, 0.3) is 5.91 Å². The molecule has 5 rings (SSSR count). The van der Waals surface area contributed by atoms with Crippen molar-refractivity contribution in [3.63, 3.8) is 0 Å².